The lowest BCUT2D eigenvalue weighted by Gasteiger charge is -2.32. The lowest BCUT2D eigenvalue weighted by Crippen LogP contribution is -2.48. The lowest BCUT2D eigenvalue weighted by atomic mass is 10.2. The van der Waals surface area contributed by atoms with Crippen molar-refractivity contribution in [3.8, 4) is 0 Å². The van der Waals surface area contributed by atoms with Gasteiger partial charge < -0.3 is 15.0 Å². The first kappa shape index (κ1) is 15.7. The molecule has 1 amide bonds. The van der Waals surface area contributed by atoms with E-state index in [1.165, 1.54) is 12.8 Å². The van der Waals surface area contributed by atoms with E-state index in [0.717, 1.165) is 58.7 Å². The summed E-state index contributed by atoms with van der Waals surface area (Å²) in [6.45, 7) is 9.16. The van der Waals surface area contributed by atoms with E-state index in [2.05, 4.69) is 17.1 Å². The highest BCUT2D eigenvalue weighted by Crippen LogP contribution is 2.09. The third-order valence-corrected chi connectivity index (χ3v) is 4.28. The van der Waals surface area contributed by atoms with Gasteiger partial charge in [0.05, 0.1) is 19.3 Å². The normalized spacial score (nSPS) is 25.4. The Bertz CT molecular complexity index is 291. The van der Waals surface area contributed by atoms with Crippen LogP contribution in [-0.2, 0) is 9.53 Å². The largest absolute Gasteiger partial charge is 0.374 e. The van der Waals surface area contributed by atoms with Crippen LogP contribution in [0, 0.1) is 0 Å². The average molecular weight is 283 g/mol. The van der Waals surface area contributed by atoms with E-state index < -0.39 is 0 Å². The number of morpholine rings is 1. The highest BCUT2D eigenvalue weighted by Gasteiger charge is 2.20. The molecule has 0 bridgehead atoms. The standard InChI is InChI=1S/C15H29N3O2/c1-2-17-9-10-20-14(13-17)11-16-12-15(19)18-7-5-3-4-6-8-18/h14,16H,2-13H2,1H3. The maximum absolute atomic E-state index is 12.1. The summed E-state index contributed by atoms with van der Waals surface area (Å²) in [5, 5.41) is 3.27. The number of ether oxygens (including phenoxy) is 1. The molecular weight excluding hydrogens is 254 g/mol. The Morgan fingerprint density at radius 3 is 2.65 bits per heavy atom. The quantitative estimate of drug-likeness (QED) is 0.807. The van der Waals surface area contributed by atoms with Crippen molar-refractivity contribution in [2.45, 2.75) is 38.7 Å². The molecule has 2 aliphatic rings. The van der Waals surface area contributed by atoms with Crippen LogP contribution in [0.5, 0.6) is 0 Å². The molecule has 0 spiro atoms. The highest BCUT2D eigenvalue weighted by atomic mass is 16.5. The zero-order valence-electron chi connectivity index (χ0n) is 12.8. The van der Waals surface area contributed by atoms with Gasteiger partial charge in [0.2, 0.25) is 5.91 Å². The molecule has 5 heteroatoms. The molecule has 0 aliphatic carbocycles. The second-order valence-electron chi connectivity index (χ2n) is 5.81. The van der Waals surface area contributed by atoms with E-state index in [4.69, 9.17) is 4.74 Å². The van der Waals surface area contributed by atoms with Crippen molar-refractivity contribution >= 4 is 5.91 Å². The summed E-state index contributed by atoms with van der Waals surface area (Å²) in [6, 6.07) is 0. The number of nitrogens with one attached hydrogen (secondary N) is 1. The molecule has 5 nitrogen and oxygen atoms in total. The Morgan fingerprint density at radius 1 is 1.20 bits per heavy atom. The molecule has 2 aliphatic heterocycles. The highest BCUT2D eigenvalue weighted by molar-refractivity contribution is 5.78. The van der Waals surface area contributed by atoms with Crippen LogP contribution in [0.4, 0.5) is 0 Å². The van der Waals surface area contributed by atoms with Gasteiger partial charge in [-0.05, 0) is 19.4 Å². The van der Waals surface area contributed by atoms with Crippen molar-refractivity contribution in [3.05, 3.63) is 0 Å². The van der Waals surface area contributed by atoms with Gasteiger partial charge in [-0.25, -0.2) is 0 Å². The summed E-state index contributed by atoms with van der Waals surface area (Å²) >= 11 is 0. The van der Waals surface area contributed by atoms with Gasteiger partial charge in [-0.1, -0.05) is 19.8 Å². The molecule has 0 aromatic carbocycles. The average Bonchev–Trinajstić information content (AvgIpc) is 2.76. The van der Waals surface area contributed by atoms with Crippen LogP contribution in [0.1, 0.15) is 32.6 Å². The van der Waals surface area contributed by atoms with Gasteiger partial charge >= 0.3 is 0 Å². The second-order valence-corrected chi connectivity index (χ2v) is 5.81. The van der Waals surface area contributed by atoms with E-state index in [0.29, 0.717) is 6.54 Å². The van der Waals surface area contributed by atoms with E-state index in [-0.39, 0.29) is 12.0 Å². The Balaban J connectivity index is 1.63. The van der Waals surface area contributed by atoms with Crippen molar-refractivity contribution in [1.29, 1.82) is 0 Å². The first-order chi connectivity index (χ1) is 9.79. The summed E-state index contributed by atoms with van der Waals surface area (Å²) in [7, 11) is 0. The van der Waals surface area contributed by atoms with Gasteiger partial charge in [-0.2, -0.15) is 0 Å². The van der Waals surface area contributed by atoms with Crippen molar-refractivity contribution < 1.29 is 9.53 Å². The van der Waals surface area contributed by atoms with Crippen LogP contribution >= 0.6 is 0 Å². The number of carbonyl (C=O) groups is 1. The number of carbonyl (C=O) groups excluding carboxylic acids is 1. The smallest absolute Gasteiger partial charge is 0.236 e. The van der Waals surface area contributed by atoms with Crippen LogP contribution in [0.2, 0.25) is 0 Å². The number of likely N-dealkylation sites (N-methyl/N-ethyl adjacent to an activating group) is 1. The maximum Gasteiger partial charge on any atom is 0.236 e. The molecule has 0 saturated carbocycles. The molecule has 2 rings (SSSR count). The second kappa shape index (κ2) is 8.60. The van der Waals surface area contributed by atoms with Gasteiger partial charge in [0.15, 0.2) is 0 Å². The van der Waals surface area contributed by atoms with Gasteiger partial charge in [0, 0.05) is 32.7 Å². The predicted octanol–water partition coefficient (Wildman–Crippen LogP) is 0.699. The first-order valence-electron chi connectivity index (χ1n) is 8.12. The molecule has 116 valence electrons. The Morgan fingerprint density at radius 2 is 1.95 bits per heavy atom. The topological polar surface area (TPSA) is 44.8 Å². The minimum Gasteiger partial charge on any atom is -0.374 e. The van der Waals surface area contributed by atoms with Crippen LogP contribution in [0.3, 0.4) is 0 Å². The fraction of sp³-hybridized carbons (Fsp3) is 0.933. The Labute approximate surface area is 122 Å². The molecule has 1 atom stereocenters. The molecule has 1 unspecified atom stereocenters. The van der Waals surface area contributed by atoms with E-state index in [1.807, 2.05) is 4.90 Å². The molecule has 2 heterocycles. The zero-order valence-corrected chi connectivity index (χ0v) is 12.8. The number of likely N-dealkylation sites (tertiary alicyclic amines) is 1. The molecule has 2 saturated heterocycles. The van der Waals surface area contributed by atoms with Crippen molar-refractivity contribution in [2.24, 2.45) is 0 Å². The first-order valence-corrected chi connectivity index (χ1v) is 8.12. The van der Waals surface area contributed by atoms with Crippen LogP contribution in [0.15, 0.2) is 0 Å². The Hall–Kier alpha value is -0.650. The van der Waals surface area contributed by atoms with Crippen molar-refractivity contribution in [3.63, 3.8) is 0 Å². The zero-order chi connectivity index (χ0) is 14.2. The fourth-order valence-corrected chi connectivity index (χ4v) is 2.96. The number of hydrogen-bond acceptors (Lipinski definition) is 4. The molecular formula is C15H29N3O2. The monoisotopic (exact) mass is 283 g/mol. The third kappa shape index (κ3) is 5.04. The summed E-state index contributed by atoms with van der Waals surface area (Å²) in [6.07, 6.45) is 5.06. The number of amides is 1. The number of hydrogen-bond donors (Lipinski definition) is 1. The predicted molar refractivity (Wildman–Crippen MR) is 79.8 cm³/mol. The summed E-state index contributed by atoms with van der Waals surface area (Å²) in [4.78, 5) is 16.5. The van der Waals surface area contributed by atoms with Gasteiger partial charge in [-0.15, -0.1) is 0 Å². The van der Waals surface area contributed by atoms with E-state index >= 15 is 0 Å². The minimum absolute atomic E-state index is 0.223. The van der Waals surface area contributed by atoms with Gasteiger partial charge in [0.25, 0.3) is 0 Å². The van der Waals surface area contributed by atoms with Gasteiger partial charge in [-0.3, -0.25) is 9.69 Å². The maximum atomic E-state index is 12.1. The number of nitrogens with zero attached hydrogens (tertiary/aromatic N) is 2. The lowest BCUT2D eigenvalue weighted by molar-refractivity contribution is -0.130. The minimum atomic E-state index is 0.223. The van der Waals surface area contributed by atoms with Crippen LogP contribution in [0.25, 0.3) is 0 Å². The summed E-state index contributed by atoms with van der Waals surface area (Å²) in [5.41, 5.74) is 0. The molecule has 0 aromatic heterocycles. The third-order valence-electron chi connectivity index (χ3n) is 4.28. The Kier molecular flexibility index (Phi) is 6.76. The van der Waals surface area contributed by atoms with Crippen molar-refractivity contribution in [2.75, 3.05) is 52.4 Å². The molecule has 0 radical (unpaired) electrons. The van der Waals surface area contributed by atoms with E-state index in [1.54, 1.807) is 0 Å². The van der Waals surface area contributed by atoms with Crippen LogP contribution < -0.4 is 5.32 Å². The molecule has 0 aromatic rings. The van der Waals surface area contributed by atoms with Gasteiger partial charge in [0.1, 0.15) is 0 Å². The van der Waals surface area contributed by atoms with E-state index in [9.17, 15) is 4.79 Å². The summed E-state index contributed by atoms with van der Waals surface area (Å²) in [5.74, 6) is 0.245. The molecule has 1 N–H and O–H groups in total. The molecule has 20 heavy (non-hydrogen) atoms. The fourth-order valence-electron chi connectivity index (χ4n) is 2.96. The SMILES string of the molecule is CCN1CCOC(CNCC(=O)N2CCCCCC2)C1. The van der Waals surface area contributed by atoms with Crippen molar-refractivity contribution in [1.82, 2.24) is 15.1 Å². The van der Waals surface area contributed by atoms with Crippen LogP contribution in [-0.4, -0.2) is 74.2 Å². The molecule has 2 fully saturated rings. The number of rotatable bonds is 5. The summed E-state index contributed by atoms with van der Waals surface area (Å²) < 4.78 is 5.73.